The fourth-order valence-electron chi connectivity index (χ4n) is 4.06. The van der Waals surface area contributed by atoms with Crippen LogP contribution in [0.3, 0.4) is 0 Å². The smallest absolute Gasteiger partial charge is 0.189 e. The highest BCUT2D eigenvalue weighted by molar-refractivity contribution is 6.31. The van der Waals surface area contributed by atoms with Gasteiger partial charge < -0.3 is 10.3 Å². The second kappa shape index (κ2) is 6.54. The predicted molar refractivity (Wildman–Crippen MR) is 93.7 cm³/mol. The number of nitrogens with zero attached hydrogens (tertiary/aromatic N) is 4. The molecular weight excluding hydrogens is 353 g/mol. The van der Waals surface area contributed by atoms with Crippen LogP contribution >= 0.6 is 11.6 Å². The molecule has 7 heteroatoms. The van der Waals surface area contributed by atoms with Gasteiger partial charge in [-0.05, 0) is 24.3 Å². The molecule has 0 bridgehead atoms. The maximum atomic E-state index is 14.1. The van der Waals surface area contributed by atoms with E-state index in [4.69, 9.17) is 17.0 Å². The van der Waals surface area contributed by atoms with Gasteiger partial charge in [0.05, 0.1) is 28.9 Å². The van der Waals surface area contributed by atoms with E-state index in [1.54, 1.807) is 6.07 Å². The number of hydrogen-bond acceptors (Lipinski definition) is 5. The maximum Gasteiger partial charge on any atom is 0.189 e. The van der Waals surface area contributed by atoms with Gasteiger partial charge in [-0.3, -0.25) is 0 Å². The molecule has 130 valence electrons. The number of hydrogen-bond donors (Lipinski definition) is 1. The molecule has 3 rings (SSSR count). The standard InChI is InChI=1S/C19H15ClFN5/c1-26-6-5-11-13(7-22)18(25)19(9-23,10-24)16(14(11)8-26)12-3-2-4-15(21)17(12)20/h2-5,13-14,16,25H,6,8H2,1H3/t13?,14-,16+/m1/s1. The van der Waals surface area contributed by atoms with Crippen molar-refractivity contribution in [2.75, 3.05) is 20.1 Å². The Morgan fingerprint density at radius 2 is 2.00 bits per heavy atom. The Kier molecular flexibility index (Phi) is 4.55. The second-order valence-electron chi connectivity index (χ2n) is 6.66. The molecule has 26 heavy (non-hydrogen) atoms. The first kappa shape index (κ1) is 18.1. The van der Waals surface area contributed by atoms with Crippen LogP contribution in [-0.4, -0.2) is 30.7 Å². The zero-order valence-corrected chi connectivity index (χ0v) is 14.8. The third kappa shape index (κ3) is 2.41. The quantitative estimate of drug-likeness (QED) is 0.770. The minimum Gasteiger partial charge on any atom is -0.305 e. The SMILES string of the molecule is CN1CC=C2C(C#N)C(=N)C(C#N)(C#N)[C@@H](c3cccc(F)c3Cl)[C@@H]2C1. The molecule has 0 saturated heterocycles. The van der Waals surface area contributed by atoms with Crippen LogP contribution < -0.4 is 0 Å². The number of nitrogens with one attached hydrogen (secondary N) is 1. The summed E-state index contributed by atoms with van der Waals surface area (Å²) in [6.07, 6.45) is 1.87. The van der Waals surface area contributed by atoms with Crippen molar-refractivity contribution in [3.8, 4) is 18.2 Å². The summed E-state index contributed by atoms with van der Waals surface area (Å²) in [5.41, 5.74) is -1.11. The minimum atomic E-state index is -1.88. The molecule has 5 nitrogen and oxygen atoms in total. The summed E-state index contributed by atoms with van der Waals surface area (Å²) in [5.74, 6) is -2.79. The largest absolute Gasteiger partial charge is 0.305 e. The van der Waals surface area contributed by atoms with Gasteiger partial charge in [-0.25, -0.2) is 4.39 Å². The van der Waals surface area contributed by atoms with Gasteiger partial charge in [-0.1, -0.05) is 29.8 Å². The highest BCUT2D eigenvalue weighted by Crippen LogP contribution is 2.54. The lowest BCUT2D eigenvalue weighted by Crippen LogP contribution is -2.52. The Hall–Kier alpha value is -2.72. The van der Waals surface area contributed by atoms with Gasteiger partial charge in [0.15, 0.2) is 5.41 Å². The molecule has 1 N–H and O–H groups in total. The van der Waals surface area contributed by atoms with Gasteiger partial charge in [-0.2, -0.15) is 15.8 Å². The van der Waals surface area contributed by atoms with Gasteiger partial charge in [0.25, 0.3) is 0 Å². The summed E-state index contributed by atoms with van der Waals surface area (Å²) in [6.45, 7) is 1.09. The Labute approximate surface area is 156 Å². The topological polar surface area (TPSA) is 98.5 Å². The van der Waals surface area contributed by atoms with E-state index in [2.05, 4.69) is 6.07 Å². The number of benzene rings is 1. The summed E-state index contributed by atoms with van der Waals surface area (Å²) in [6, 6.07) is 10.3. The normalized spacial score (nSPS) is 27.5. The Bertz CT molecular complexity index is 919. The van der Waals surface area contributed by atoms with Crippen LogP contribution in [0.15, 0.2) is 29.8 Å². The van der Waals surface area contributed by atoms with Gasteiger partial charge in [0, 0.05) is 24.9 Å². The Morgan fingerprint density at radius 1 is 1.31 bits per heavy atom. The lowest BCUT2D eigenvalue weighted by Gasteiger charge is -2.47. The van der Waals surface area contributed by atoms with Crippen LogP contribution in [-0.2, 0) is 0 Å². The summed E-state index contributed by atoms with van der Waals surface area (Å²) >= 11 is 6.19. The van der Waals surface area contributed by atoms with E-state index in [1.807, 2.05) is 30.2 Å². The van der Waals surface area contributed by atoms with Crippen molar-refractivity contribution in [2.45, 2.75) is 5.92 Å². The molecule has 0 amide bonds. The molecule has 0 radical (unpaired) electrons. The number of fused-ring (bicyclic) bond motifs is 1. The van der Waals surface area contributed by atoms with Crippen molar-refractivity contribution in [3.05, 3.63) is 46.3 Å². The lowest BCUT2D eigenvalue weighted by molar-refractivity contribution is 0.235. The van der Waals surface area contributed by atoms with E-state index in [0.717, 1.165) is 0 Å². The number of rotatable bonds is 1. The average molecular weight is 368 g/mol. The van der Waals surface area contributed by atoms with Crippen molar-refractivity contribution < 1.29 is 4.39 Å². The van der Waals surface area contributed by atoms with Crippen LogP contribution in [0.5, 0.6) is 0 Å². The fourth-order valence-corrected chi connectivity index (χ4v) is 4.30. The molecule has 2 aliphatic rings. The van der Waals surface area contributed by atoms with Gasteiger partial charge in [-0.15, -0.1) is 0 Å². The monoisotopic (exact) mass is 367 g/mol. The van der Waals surface area contributed by atoms with Gasteiger partial charge in [0.1, 0.15) is 11.7 Å². The molecule has 1 fully saturated rings. The molecular formula is C19H15ClFN5. The average Bonchev–Trinajstić information content (AvgIpc) is 2.64. The van der Waals surface area contributed by atoms with E-state index >= 15 is 0 Å². The van der Waals surface area contributed by atoms with Crippen molar-refractivity contribution in [3.63, 3.8) is 0 Å². The number of likely N-dealkylation sites (N-methyl/N-ethyl adjacent to an activating group) is 1. The minimum absolute atomic E-state index is 0.150. The zero-order valence-electron chi connectivity index (χ0n) is 14.0. The van der Waals surface area contributed by atoms with Crippen LogP contribution in [0, 0.1) is 62.5 Å². The second-order valence-corrected chi connectivity index (χ2v) is 7.04. The first-order valence-corrected chi connectivity index (χ1v) is 8.42. The third-order valence-electron chi connectivity index (χ3n) is 5.29. The molecule has 3 atom stereocenters. The highest BCUT2D eigenvalue weighted by atomic mass is 35.5. The predicted octanol–water partition coefficient (Wildman–Crippen LogP) is 3.26. The maximum absolute atomic E-state index is 14.1. The zero-order chi connectivity index (χ0) is 19.1. The molecule has 1 aliphatic heterocycles. The van der Waals surface area contributed by atoms with E-state index in [-0.39, 0.29) is 16.7 Å². The van der Waals surface area contributed by atoms with Gasteiger partial charge >= 0.3 is 0 Å². The molecule has 1 heterocycles. The van der Waals surface area contributed by atoms with Crippen LogP contribution in [0.1, 0.15) is 11.5 Å². The summed E-state index contributed by atoms with van der Waals surface area (Å²) < 4.78 is 14.1. The van der Waals surface area contributed by atoms with E-state index in [0.29, 0.717) is 24.2 Å². The number of nitriles is 3. The van der Waals surface area contributed by atoms with E-state index in [1.165, 1.54) is 12.1 Å². The first-order chi connectivity index (χ1) is 12.4. The molecule has 0 aromatic heterocycles. The molecule has 1 aromatic carbocycles. The summed E-state index contributed by atoms with van der Waals surface area (Å²) in [7, 11) is 1.89. The van der Waals surface area contributed by atoms with Crippen LogP contribution in [0.2, 0.25) is 5.02 Å². The van der Waals surface area contributed by atoms with E-state index < -0.39 is 23.1 Å². The van der Waals surface area contributed by atoms with Crippen LogP contribution in [0.25, 0.3) is 0 Å². The summed E-state index contributed by atoms with van der Waals surface area (Å²) in [4.78, 5) is 2.00. The molecule has 1 aromatic rings. The van der Waals surface area contributed by atoms with Crippen molar-refractivity contribution >= 4 is 17.3 Å². The molecule has 1 aliphatic carbocycles. The highest BCUT2D eigenvalue weighted by Gasteiger charge is 2.58. The fraction of sp³-hybridized carbons (Fsp3) is 0.368. The summed E-state index contributed by atoms with van der Waals surface area (Å²) in [5, 5.41) is 37.7. The van der Waals surface area contributed by atoms with E-state index in [9.17, 15) is 20.2 Å². The molecule has 1 saturated carbocycles. The lowest BCUT2D eigenvalue weighted by atomic mass is 9.54. The Morgan fingerprint density at radius 3 is 2.62 bits per heavy atom. The van der Waals surface area contributed by atoms with Crippen molar-refractivity contribution in [2.24, 2.45) is 17.3 Å². The van der Waals surface area contributed by atoms with Gasteiger partial charge in [0.2, 0.25) is 0 Å². The first-order valence-electron chi connectivity index (χ1n) is 8.04. The van der Waals surface area contributed by atoms with Crippen molar-refractivity contribution in [1.29, 1.82) is 21.2 Å². The van der Waals surface area contributed by atoms with Crippen molar-refractivity contribution in [1.82, 2.24) is 4.90 Å². The van der Waals surface area contributed by atoms with Crippen LogP contribution in [0.4, 0.5) is 4.39 Å². The third-order valence-corrected chi connectivity index (χ3v) is 5.69. The number of halogens is 2. The molecule has 1 unspecified atom stereocenters. The Balaban J connectivity index is 2.32. The molecule has 0 spiro atoms.